The Morgan fingerprint density at radius 1 is 0.500 bits per heavy atom. The second kappa shape index (κ2) is 17.9. The number of ketones is 2. The first-order valence-electron chi connectivity index (χ1n) is 13.4. The van der Waals surface area contributed by atoms with Gasteiger partial charge in [-0.2, -0.15) is 0 Å². The molecule has 0 aromatic carbocycles. The molecular formula is C28H48O4. The third kappa shape index (κ3) is 11.3. The molecule has 0 spiro atoms. The van der Waals surface area contributed by atoms with Crippen LogP contribution in [0.15, 0.2) is 22.7 Å². The Morgan fingerprint density at radius 2 is 0.844 bits per heavy atom. The third-order valence-electron chi connectivity index (χ3n) is 6.72. The van der Waals surface area contributed by atoms with E-state index in [9.17, 15) is 19.8 Å². The summed E-state index contributed by atoms with van der Waals surface area (Å²) in [7, 11) is 0. The first-order chi connectivity index (χ1) is 15.5. The molecule has 0 fully saturated rings. The normalized spacial score (nSPS) is 14.7. The van der Waals surface area contributed by atoms with Crippen molar-refractivity contribution in [2.75, 3.05) is 0 Å². The Kier molecular flexibility index (Phi) is 15.9. The van der Waals surface area contributed by atoms with E-state index in [2.05, 4.69) is 6.92 Å². The minimum atomic E-state index is -0.630. The molecule has 0 bridgehead atoms. The molecule has 0 atom stereocenters. The summed E-state index contributed by atoms with van der Waals surface area (Å²) in [4.78, 5) is 23.9. The number of carbonyl (C=O) groups is 2. The molecule has 1 aliphatic carbocycles. The van der Waals surface area contributed by atoms with Gasteiger partial charge in [-0.1, -0.05) is 122 Å². The lowest BCUT2D eigenvalue weighted by atomic mass is 9.91. The highest BCUT2D eigenvalue weighted by molar-refractivity contribution is 6.22. The lowest BCUT2D eigenvalue weighted by Crippen LogP contribution is -2.22. The number of allylic oxidation sites excluding steroid dienone is 2. The van der Waals surface area contributed by atoms with E-state index in [4.69, 9.17) is 0 Å². The summed E-state index contributed by atoms with van der Waals surface area (Å²) < 4.78 is 0. The molecule has 0 aliphatic heterocycles. The molecule has 1 aliphatic rings. The van der Waals surface area contributed by atoms with Gasteiger partial charge in [0.05, 0.1) is 0 Å². The van der Waals surface area contributed by atoms with E-state index >= 15 is 0 Å². The highest BCUT2D eigenvalue weighted by atomic mass is 16.3. The fourth-order valence-corrected chi connectivity index (χ4v) is 4.46. The average Bonchev–Trinajstić information content (AvgIpc) is 2.79. The predicted molar refractivity (Wildman–Crippen MR) is 133 cm³/mol. The zero-order valence-electron chi connectivity index (χ0n) is 20.9. The van der Waals surface area contributed by atoms with E-state index in [-0.39, 0.29) is 11.1 Å². The number of carbonyl (C=O) groups excluding carboxylic acids is 2. The molecule has 184 valence electrons. The Bertz CT molecular complexity index is 615. The molecule has 0 saturated carbocycles. The van der Waals surface area contributed by atoms with Gasteiger partial charge in [-0.05, 0) is 19.8 Å². The van der Waals surface area contributed by atoms with E-state index in [1.165, 1.54) is 110 Å². The number of hydrogen-bond acceptors (Lipinski definition) is 4. The van der Waals surface area contributed by atoms with Crippen molar-refractivity contribution in [3.63, 3.8) is 0 Å². The largest absolute Gasteiger partial charge is 0.504 e. The summed E-state index contributed by atoms with van der Waals surface area (Å²) >= 11 is 0. The lowest BCUT2D eigenvalue weighted by molar-refractivity contribution is -0.120. The van der Waals surface area contributed by atoms with Crippen LogP contribution in [0.3, 0.4) is 0 Å². The van der Waals surface area contributed by atoms with Gasteiger partial charge in [0.1, 0.15) is 0 Å². The SMILES string of the molecule is CCCCCCCCCCCCCCCCCCCCCC1=C(O)C(=O)C(C)=C(O)C1=O. The summed E-state index contributed by atoms with van der Waals surface area (Å²) in [5.41, 5.74) is 0.00879. The second-order valence-corrected chi connectivity index (χ2v) is 9.57. The van der Waals surface area contributed by atoms with Gasteiger partial charge in [0, 0.05) is 11.1 Å². The number of aliphatic hydroxyl groups is 2. The van der Waals surface area contributed by atoms with Crippen LogP contribution in [0, 0.1) is 0 Å². The third-order valence-corrected chi connectivity index (χ3v) is 6.72. The number of Topliss-reactive ketones (excluding diaryl/α,β-unsaturated/α-hetero) is 2. The van der Waals surface area contributed by atoms with Crippen LogP contribution in [0.5, 0.6) is 0 Å². The number of aliphatic hydroxyl groups excluding tert-OH is 2. The van der Waals surface area contributed by atoms with Gasteiger partial charge in [0.25, 0.3) is 0 Å². The smallest absolute Gasteiger partial charge is 0.227 e. The Hall–Kier alpha value is -1.58. The van der Waals surface area contributed by atoms with Crippen molar-refractivity contribution < 1.29 is 19.8 Å². The first-order valence-corrected chi connectivity index (χ1v) is 13.4. The molecule has 0 aromatic heterocycles. The quantitative estimate of drug-likeness (QED) is 0.144. The molecule has 1 rings (SSSR count). The number of unbranched alkanes of at least 4 members (excludes halogenated alkanes) is 18. The summed E-state index contributed by atoms with van der Waals surface area (Å²) in [5, 5.41) is 19.6. The number of rotatable bonds is 20. The molecule has 2 N–H and O–H groups in total. The number of hydrogen-bond donors (Lipinski definition) is 2. The van der Waals surface area contributed by atoms with Gasteiger partial charge < -0.3 is 10.2 Å². The van der Waals surface area contributed by atoms with E-state index in [0.29, 0.717) is 6.42 Å². The second-order valence-electron chi connectivity index (χ2n) is 9.57. The van der Waals surface area contributed by atoms with Crippen LogP contribution in [-0.2, 0) is 9.59 Å². The van der Waals surface area contributed by atoms with Crippen molar-refractivity contribution in [1.82, 2.24) is 0 Å². The zero-order chi connectivity index (χ0) is 23.6. The Labute approximate surface area is 196 Å². The minimum Gasteiger partial charge on any atom is -0.504 e. The fourth-order valence-electron chi connectivity index (χ4n) is 4.46. The van der Waals surface area contributed by atoms with Gasteiger partial charge >= 0.3 is 0 Å². The van der Waals surface area contributed by atoms with Gasteiger partial charge in [0.15, 0.2) is 11.5 Å². The zero-order valence-corrected chi connectivity index (χ0v) is 20.9. The molecule has 32 heavy (non-hydrogen) atoms. The molecular weight excluding hydrogens is 400 g/mol. The monoisotopic (exact) mass is 448 g/mol. The van der Waals surface area contributed by atoms with Crippen LogP contribution in [0.1, 0.15) is 142 Å². The minimum absolute atomic E-state index is 0.0654. The van der Waals surface area contributed by atoms with Crippen molar-refractivity contribution in [1.29, 1.82) is 0 Å². The molecule has 4 heteroatoms. The van der Waals surface area contributed by atoms with Crippen molar-refractivity contribution >= 4 is 11.6 Å². The molecule has 0 amide bonds. The van der Waals surface area contributed by atoms with Crippen LogP contribution < -0.4 is 0 Å². The molecule has 4 nitrogen and oxygen atoms in total. The fraction of sp³-hybridized carbons (Fsp3) is 0.786. The summed E-state index contributed by atoms with van der Waals surface area (Å²) in [6.45, 7) is 3.63. The van der Waals surface area contributed by atoms with E-state index in [0.717, 1.165) is 19.3 Å². The molecule has 0 heterocycles. The molecule has 0 radical (unpaired) electrons. The van der Waals surface area contributed by atoms with Crippen molar-refractivity contribution in [2.45, 2.75) is 142 Å². The van der Waals surface area contributed by atoms with E-state index < -0.39 is 23.1 Å². The van der Waals surface area contributed by atoms with Gasteiger partial charge in [-0.25, -0.2) is 0 Å². The van der Waals surface area contributed by atoms with Crippen LogP contribution in [-0.4, -0.2) is 21.8 Å². The summed E-state index contributed by atoms with van der Waals surface area (Å²) in [6.07, 6.45) is 25.1. The lowest BCUT2D eigenvalue weighted by Gasteiger charge is -2.15. The average molecular weight is 449 g/mol. The Balaban J connectivity index is 1.88. The standard InChI is InChI=1S/C28H48O4/c1-3-4-5-6-7-8-9-10-11-12-13-14-15-16-17-18-19-20-21-22-24-27(31)25(29)23(2)26(30)28(24)32/h29,32H,3-22H2,1-2H3. The van der Waals surface area contributed by atoms with Crippen LogP contribution >= 0.6 is 0 Å². The first kappa shape index (κ1) is 28.5. The highest BCUT2D eigenvalue weighted by Gasteiger charge is 2.31. The van der Waals surface area contributed by atoms with Crippen LogP contribution in [0.4, 0.5) is 0 Å². The van der Waals surface area contributed by atoms with E-state index in [1.54, 1.807) is 0 Å². The maximum atomic E-state index is 12.0. The summed E-state index contributed by atoms with van der Waals surface area (Å²) in [5.74, 6) is -2.22. The van der Waals surface area contributed by atoms with Crippen molar-refractivity contribution in [3.05, 3.63) is 22.7 Å². The van der Waals surface area contributed by atoms with Crippen molar-refractivity contribution in [3.8, 4) is 0 Å². The highest BCUT2D eigenvalue weighted by Crippen LogP contribution is 2.25. The van der Waals surface area contributed by atoms with Crippen LogP contribution in [0.2, 0.25) is 0 Å². The van der Waals surface area contributed by atoms with Gasteiger partial charge in [0.2, 0.25) is 11.6 Å². The maximum Gasteiger partial charge on any atom is 0.227 e. The van der Waals surface area contributed by atoms with Crippen molar-refractivity contribution in [2.24, 2.45) is 0 Å². The van der Waals surface area contributed by atoms with Gasteiger partial charge in [-0.3, -0.25) is 9.59 Å². The molecule has 0 saturated heterocycles. The summed E-state index contributed by atoms with van der Waals surface area (Å²) in [6, 6.07) is 0. The topological polar surface area (TPSA) is 74.6 Å². The van der Waals surface area contributed by atoms with Gasteiger partial charge in [-0.15, -0.1) is 0 Å². The molecule has 0 unspecified atom stereocenters. The predicted octanol–water partition coefficient (Wildman–Crippen LogP) is 8.60. The molecule has 0 aromatic rings. The van der Waals surface area contributed by atoms with E-state index in [1.807, 2.05) is 0 Å². The maximum absolute atomic E-state index is 12.0. The Morgan fingerprint density at radius 3 is 1.22 bits per heavy atom. The van der Waals surface area contributed by atoms with Crippen LogP contribution in [0.25, 0.3) is 0 Å².